The Bertz CT molecular complexity index is 549. The highest BCUT2D eigenvalue weighted by atomic mass is 15.3. The maximum Gasteiger partial charge on any atom is 0.141 e. The van der Waals surface area contributed by atoms with Crippen molar-refractivity contribution in [3.63, 3.8) is 0 Å². The van der Waals surface area contributed by atoms with Gasteiger partial charge in [0, 0.05) is 11.5 Å². The third kappa shape index (κ3) is 1.57. The third-order valence-electron chi connectivity index (χ3n) is 3.46. The second kappa shape index (κ2) is 3.42. The molecule has 3 rings (SSSR count). The molecule has 0 aliphatic heterocycles. The van der Waals surface area contributed by atoms with Gasteiger partial charge in [-0.3, -0.25) is 0 Å². The van der Waals surface area contributed by atoms with Crippen LogP contribution in [0.5, 0.6) is 0 Å². The summed E-state index contributed by atoms with van der Waals surface area (Å²) in [6, 6.07) is 8.60. The summed E-state index contributed by atoms with van der Waals surface area (Å²) in [5, 5.41) is 8.39. The summed E-state index contributed by atoms with van der Waals surface area (Å²) in [5.74, 6) is 1.52. The molecule has 0 bridgehead atoms. The molecule has 1 atom stereocenters. The van der Waals surface area contributed by atoms with Gasteiger partial charge < -0.3 is 4.57 Å². The Balaban J connectivity index is 2.01. The Morgan fingerprint density at radius 3 is 2.71 bits per heavy atom. The molecule has 0 saturated heterocycles. The zero-order valence-corrected chi connectivity index (χ0v) is 10.5. The number of nitrogens with zero attached hydrogens (tertiary/aromatic N) is 3. The van der Waals surface area contributed by atoms with Gasteiger partial charge in [0.2, 0.25) is 0 Å². The lowest BCUT2D eigenvalue weighted by Crippen LogP contribution is -2.29. The van der Waals surface area contributed by atoms with Crippen LogP contribution in [0.3, 0.4) is 0 Å². The normalized spacial score (nSPS) is 18.6. The summed E-state index contributed by atoms with van der Waals surface area (Å²) >= 11 is 0. The number of aromatic nitrogens is 3. The Kier molecular flexibility index (Phi) is 2.12. The molecule has 0 amide bonds. The Labute approximate surface area is 101 Å². The van der Waals surface area contributed by atoms with Gasteiger partial charge in [0.05, 0.1) is 0 Å². The maximum atomic E-state index is 4.32. The van der Waals surface area contributed by atoms with E-state index in [4.69, 9.17) is 0 Å². The van der Waals surface area contributed by atoms with Crippen molar-refractivity contribution in [2.75, 3.05) is 0 Å². The molecule has 1 aromatic carbocycles. The van der Waals surface area contributed by atoms with E-state index >= 15 is 0 Å². The van der Waals surface area contributed by atoms with Gasteiger partial charge in [0.25, 0.3) is 0 Å². The largest absolute Gasteiger partial charge is 0.312 e. The predicted molar refractivity (Wildman–Crippen MR) is 67.0 cm³/mol. The molecule has 0 fully saturated rings. The molecule has 0 saturated carbocycles. The van der Waals surface area contributed by atoms with Gasteiger partial charge in [0.1, 0.15) is 12.2 Å². The van der Waals surface area contributed by atoms with Crippen LogP contribution in [0.4, 0.5) is 0 Å². The average Bonchev–Trinajstić information content (AvgIpc) is 2.68. The number of hydrogen-bond acceptors (Lipinski definition) is 2. The smallest absolute Gasteiger partial charge is 0.141 e. The molecule has 1 aromatic heterocycles. The van der Waals surface area contributed by atoms with Crippen LogP contribution in [0.15, 0.2) is 30.6 Å². The fourth-order valence-corrected chi connectivity index (χ4v) is 2.49. The molecule has 17 heavy (non-hydrogen) atoms. The van der Waals surface area contributed by atoms with Crippen molar-refractivity contribution in [1.29, 1.82) is 0 Å². The molecule has 88 valence electrons. The van der Waals surface area contributed by atoms with Gasteiger partial charge in [-0.25, -0.2) is 0 Å². The van der Waals surface area contributed by atoms with Gasteiger partial charge in [-0.15, -0.1) is 10.2 Å². The summed E-state index contributed by atoms with van der Waals surface area (Å²) in [6.07, 6.45) is 2.93. The first-order chi connectivity index (χ1) is 8.07. The van der Waals surface area contributed by atoms with E-state index in [1.165, 1.54) is 11.1 Å². The number of hydrogen-bond donors (Lipinski definition) is 0. The zero-order chi connectivity index (χ0) is 12.0. The summed E-state index contributed by atoms with van der Waals surface area (Å²) in [6.45, 7) is 6.55. The molecule has 3 heteroatoms. The summed E-state index contributed by atoms with van der Waals surface area (Å²) in [4.78, 5) is 0. The molecular weight excluding hydrogens is 210 g/mol. The Hall–Kier alpha value is -1.64. The van der Waals surface area contributed by atoms with Crippen LogP contribution >= 0.6 is 0 Å². The average molecular weight is 227 g/mol. The number of fused-ring (bicyclic) bond motifs is 1. The first-order valence-electron chi connectivity index (χ1n) is 6.05. The number of benzene rings is 1. The first kappa shape index (κ1) is 10.5. The van der Waals surface area contributed by atoms with Crippen LogP contribution in [0.1, 0.15) is 43.6 Å². The lowest BCUT2D eigenvalue weighted by Gasteiger charge is -2.32. The molecule has 0 spiro atoms. The fraction of sp³-hybridized carbons (Fsp3) is 0.429. The van der Waals surface area contributed by atoms with E-state index in [9.17, 15) is 0 Å². The Morgan fingerprint density at radius 1 is 1.24 bits per heavy atom. The third-order valence-corrected chi connectivity index (χ3v) is 3.46. The second-order valence-corrected chi connectivity index (χ2v) is 5.69. The van der Waals surface area contributed by atoms with E-state index < -0.39 is 0 Å². The van der Waals surface area contributed by atoms with Crippen molar-refractivity contribution in [1.82, 2.24) is 14.8 Å². The number of rotatable bonds is 1. The molecule has 2 aromatic rings. The first-order valence-corrected chi connectivity index (χ1v) is 6.05. The molecular formula is C14H17N3. The highest BCUT2D eigenvalue weighted by Gasteiger charge is 2.32. The predicted octanol–water partition coefficient (Wildman–Crippen LogP) is 2.72. The van der Waals surface area contributed by atoms with E-state index in [-0.39, 0.29) is 5.54 Å². The van der Waals surface area contributed by atoms with E-state index in [2.05, 4.69) is 59.8 Å². The Morgan fingerprint density at radius 2 is 2.00 bits per heavy atom. The molecule has 1 unspecified atom stereocenters. The van der Waals surface area contributed by atoms with Gasteiger partial charge in [0.15, 0.2) is 0 Å². The van der Waals surface area contributed by atoms with Gasteiger partial charge in [-0.05, 0) is 38.3 Å². The van der Waals surface area contributed by atoms with Crippen LogP contribution in [-0.2, 0) is 12.0 Å². The minimum atomic E-state index is 0.0450. The van der Waals surface area contributed by atoms with E-state index in [0.29, 0.717) is 5.92 Å². The van der Waals surface area contributed by atoms with Crippen LogP contribution in [0.25, 0.3) is 0 Å². The topological polar surface area (TPSA) is 30.7 Å². The molecule has 3 nitrogen and oxygen atoms in total. The van der Waals surface area contributed by atoms with Crippen LogP contribution < -0.4 is 0 Å². The van der Waals surface area contributed by atoms with Crippen LogP contribution in [0.2, 0.25) is 0 Å². The minimum Gasteiger partial charge on any atom is -0.312 e. The van der Waals surface area contributed by atoms with Crippen LogP contribution in [-0.4, -0.2) is 14.8 Å². The van der Waals surface area contributed by atoms with E-state index in [1.54, 1.807) is 0 Å². The van der Waals surface area contributed by atoms with Crippen molar-refractivity contribution in [2.45, 2.75) is 38.6 Å². The van der Waals surface area contributed by atoms with Crippen molar-refractivity contribution in [3.8, 4) is 0 Å². The minimum absolute atomic E-state index is 0.0450. The summed E-state index contributed by atoms with van der Waals surface area (Å²) < 4.78 is 2.19. The standard InChI is InChI=1S/C14H17N3/c1-14(2,3)17-9-15-16-13(17)12-8-10-6-4-5-7-11(10)12/h4-7,9,12H,8H2,1-3H3. The fourth-order valence-electron chi connectivity index (χ4n) is 2.49. The molecule has 0 radical (unpaired) electrons. The summed E-state index contributed by atoms with van der Waals surface area (Å²) in [5.41, 5.74) is 2.90. The maximum absolute atomic E-state index is 4.32. The van der Waals surface area contributed by atoms with E-state index in [1.807, 2.05) is 6.33 Å². The van der Waals surface area contributed by atoms with Crippen molar-refractivity contribution in [3.05, 3.63) is 47.5 Å². The van der Waals surface area contributed by atoms with Crippen molar-refractivity contribution >= 4 is 0 Å². The van der Waals surface area contributed by atoms with Crippen molar-refractivity contribution in [2.24, 2.45) is 0 Å². The SMILES string of the molecule is CC(C)(C)n1cnnc1C1Cc2ccccc21. The molecule has 0 N–H and O–H groups in total. The zero-order valence-electron chi connectivity index (χ0n) is 10.5. The monoisotopic (exact) mass is 227 g/mol. The lowest BCUT2D eigenvalue weighted by atomic mass is 9.77. The summed E-state index contributed by atoms with van der Waals surface area (Å²) in [7, 11) is 0. The highest BCUT2D eigenvalue weighted by molar-refractivity contribution is 5.44. The van der Waals surface area contributed by atoms with Gasteiger partial charge >= 0.3 is 0 Å². The van der Waals surface area contributed by atoms with E-state index in [0.717, 1.165) is 12.2 Å². The molecule has 1 aliphatic rings. The highest BCUT2D eigenvalue weighted by Crippen LogP contribution is 2.39. The molecule has 1 heterocycles. The van der Waals surface area contributed by atoms with Crippen LogP contribution in [0, 0.1) is 0 Å². The second-order valence-electron chi connectivity index (χ2n) is 5.69. The van der Waals surface area contributed by atoms with Gasteiger partial charge in [-0.2, -0.15) is 0 Å². The van der Waals surface area contributed by atoms with Crippen molar-refractivity contribution < 1.29 is 0 Å². The lowest BCUT2D eigenvalue weighted by molar-refractivity contribution is 0.372. The molecule has 1 aliphatic carbocycles. The van der Waals surface area contributed by atoms with Gasteiger partial charge in [-0.1, -0.05) is 24.3 Å². The quantitative estimate of drug-likeness (QED) is 0.750.